The minimum absolute atomic E-state index is 0.0328. The molecule has 11 nitrogen and oxygen atoms in total. The van der Waals surface area contributed by atoms with E-state index in [-0.39, 0.29) is 54.1 Å². The van der Waals surface area contributed by atoms with E-state index in [9.17, 15) is 46.3 Å². The number of alkyl halides is 3. The number of anilines is 1. The molecule has 4 rings (SSSR count). The fraction of sp³-hybridized carbons (Fsp3) is 0.321. The number of allylic oxidation sites excluding steroid dienone is 1. The Morgan fingerprint density at radius 2 is 1.88 bits per heavy atom. The fourth-order valence-electron chi connectivity index (χ4n) is 5.20. The lowest BCUT2D eigenvalue weighted by molar-refractivity contribution is -0.143. The van der Waals surface area contributed by atoms with Crippen LogP contribution in [0.25, 0.3) is 4.85 Å². The number of carboxylic acid groups (broad SMARTS) is 1. The number of nitriles is 1. The van der Waals surface area contributed by atoms with E-state index in [1.54, 1.807) is 0 Å². The number of aliphatic carboxylic acids is 1. The highest BCUT2D eigenvalue weighted by Gasteiger charge is 2.47. The van der Waals surface area contributed by atoms with Gasteiger partial charge < -0.3 is 10.0 Å². The third-order valence-electron chi connectivity index (χ3n) is 7.26. The highest BCUT2D eigenvalue weighted by molar-refractivity contribution is 7.90. The molecule has 15 heteroatoms. The van der Waals surface area contributed by atoms with Gasteiger partial charge >= 0.3 is 24.2 Å². The summed E-state index contributed by atoms with van der Waals surface area (Å²) in [5.74, 6) is -2.14. The molecule has 2 aliphatic heterocycles. The summed E-state index contributed by atoms with van der Waals surface area (Å²) in [4.78, 5) is 45.4. The minimum atomic E-state index is -4.78. The summed E-state index contributed by atoms with van der Waals surface area (Å²) in [6.07, 6.45) is -3.41. The summed E-state index contributed by atoms with van der Waals surface area (Å²) in [6.45, 7) is 8.97. The molecule has 2 aromatic carbocycles. The van der Waals surface area contributed by atoms with Gasteiger partial charge in [-0.3, -0.25) is 9.69 Å². The highest BCUT2D eigenvalue weighted by atomic mass is 32.2. The van der Waals surface area contributed by atoms with E-state index in [2.05, 4.69) is 4.85 Å². The molecule has 0 radical (unpaired) electrons. The number of hydrogen-bond donors (Lipinski definition) is 1. The number of piperidine rings is 1. The van der Waals surface area contributed by atoms with Crippen LogP contribution in [0.3, 0.4) is 0 Å². The van der Waals surface area contributed by atoms with Gasteiger partial charge in [0, 0.05) is 30.7 Å². The van der Waals surface area contributed by atoms with Crippen molar-refractivity contribution in [3.8, 4) is 6.07 Å². The van der Waals surface area contributed by atoms with Gasteiger partial charge in [0.15, 0.2) is 9.84 Å². The molecule has 0 bridgehead atoms. The summed E-state index contributed by atoms with van der Waals surface area (Å²) < 4.78 is 66.4. The van der Waals surface area contributed by atoms with Gasteiger partial charge in [0.2, 0.25) is 5.70 Å². The molecule has 1 fully saturated rings. The second-order valence-corrected chi connectivity index (χ2v) is 12.0. The van der Waals surface area contributed by atoms with Crippen LogP contribution in [-0.4, -0.2) is 60.7 Å². The zero-order chi connectivity index (χ0) is 31.9. The normalized spacial score (nSPS) is 19.6. The van der Waals surface area contributed by atoms with Crippen molar-refractivity contribution in [3.05, 3.63) is 82.0 Å². The quantitative estimate of drug-likeness (QED) is 0.475. The van der Waals surface area contributed by atoms with Crippen LogP contribution < -0.4 is 4.90 Å². The predicted molar refractivity (Wildman–Crippen MR) is 145 cm³/mol. The highest BCUT2D eigenvalue weighted by Crippen LogP contribution is 2.43. The van der Waals surface area contributed by atoms with Crippen molar-refractivity contribution in [1.29, 1.82) is 5.26 Å². The minimum Gasteiger partial charge on any atom is -0.481 e. The number of benzene rings is 2. The number of nitrogens with zero attached hydrogens (tertiary/aromatic N) is 5. The van der Waals surface area contributed by atoms with Gasteiger partial charge in [0.05, 0.1) is 34.6 Å². The van der Waals surface area contributed by atoms with Crippen molar-refractivity contribution >= 4 is 33.6 Å². The van der Waals surface area contributed by atoms with Crippen molar-refractivity contribution in [3.63, 3.8) is 0 Å². The van der Waals surface area contributed by atoms with Crippen LogP contribution in [0.4, 0.5) is 28.4 Å². The molecule has 2 aliphatic rings. The Morgan fingerprint density at radius 1 is 1.19 bits per heavy atom. The molecule has 1 N–H and O–H groups in total. The summed E-state index contributed by atoms with van der Waals surface area (Å²) in [5.41, 5.74) is -2.14. The zero-order valence-electron chi connectivity index (χ0n) is 22.8. The van der Waals surface area contributed by atoms with Crippen LogP contribution in [0.15, 0.2) is 58.8 Å². The molecule has 0 spiro atoms. The Kier molecular flexibility index (Phi) is 8.24. The molecule has 1 unspecified atom stereocenters. The maximum Gasteiger partial charge on any atom is 0.416 e. The molecule has 1 saturated heterocycles. The monoisotopic (exact) mass is 615 g/mol. The standard InChI is InChI=1S/C28H24F3N5O6S/c1-16-23(33-2)24(21-10-9-17(14-32)12-22(21)43(3,41)42)36(26(39)34-11-5-6-18(15-34)25(37)38)27(40)35(16)20-8-4-7-19(13-20)28(29,30)31/h4,7-10,12-13,18,24H,5-6,11,15H2,1,3H3,(H,37,38)/t18?,24-/m1/s1. The number of amides is 4. The van der Waals surface area contributed by atoms with E-state index in [1.165, 1.54) is 25.1 Å². The molecule has 4 amide bonds. The Bertz CT molecular complexity index is 1740. The second-order valence-electron chi connectivity index (χ2n) is 10.1. The lowest BCUT2D eigenvalue weighted by atomic mass is 9.96. The number of imide groups is 1. The van der Waals surface area contributed by atoms with Gasteiger partial charge in [0.25, 0.3) is 0 Å². The number of urea groups is 2. The van der Waals surface area contributed by atoms with Crippen LogP contribution in [0.1, 0.15) is 42.5 Å². The lowest BCUT2D eigenvalue weighted by Crippen LogP contribution is -2.57. The van der Waals surface area contributed by atoms with Crippen LogP contribution >= 0.6 is 0 Å². The molecule has 43 heavy (non-hydrogen) atoms. The van der Waals surface area contributed by atoms with E-state index >= 15 is 0 Å². The number of halogens is 3. The summed E-state index contributed by atoms with van der Waals surface area (Å²) in [6, 6.07) is 5.09. The number of sulfone groups is 1. The lowest BCUT2D eigenvalue weighted by Gasteiger charge is -2.43. The van der Waals surface area contributed by atoms with E-state index < -0.39 is 56.5 Å². The molecular weight excluding hydrogens is 591 g/mol. The van der Waals surface area contributed by atoms with Crippen LogP contribution in [0, 0.1) is 23.8 Å². The Balaban J connectivity index is 2.00. The number of likely N-dealkylation sites (tertiary alicyclic amines) is 1. The number of carboxylic acids is 1. The first-order valence-corrected chi connectivity index (χ1v) is 14.6. The Labute approximate surface area is 244 Å². The molecular formula is C28H24F3N5O6S. The van der Waals surface area contributed by atoms with Crippen molar-refractivity contribution in [1.82, 2.24) is 9.80 Å². The van der Waals surface area contributed by atoms with Gasteiger partial charge in [-0.2, -0.15) is 18.4 Å². The number of rotatable bonds is 4. The maximum absolute atomic E-state index is 14.2. The first-order valence-electron chi connectivity index (χ1n) is 12.7. The van der Waals surface area contributed by atoms with Gasteiger partial charge in [-0.05, 0) is 55.7 Å². The molecule has 0 aromatic heterocycles. The molecule has 0 aliphatic carbocycles. The molecule has 224 valence electrons. The van der Waals surface area contributed by atoms with E-state index in [4.69, 9.17) is 6.57 Å². The number of carbonyl (C=O) groups excluding carboxylic acids is 2. The van der Waals surface area contributed by atoms with Gasteiger partial charge in [0.1, 0.15) is 6.04 Å². The number of hydrogen-bond acceptors (Lipinski definition) is 6. The smallest absolute Gasteiger partial charge is 0.416 e. The first-order chi connectivity index (χ1) is 20.1. The van der Waals surface area contributed by atoms with E-state index in [1.807, 2.05) is 6.07 Å². The van der Waals surface area contributed by atoms with Gasteiger partial charge in [-0.1, -0.05) is 12.1 Å². The second kappa shape index (κ2) is 11.4. The molecule has 2 heterocycles. The van der Waals surface area contributed by atoms with Gasteiger partial charge in [-0.25, -0.2) is 27.8 Å². The van der Waals surface area contributed by atoms with Crippen molar-refractivity contribution < 1.29 is 41.1 Å². The average molecular weight is 616 g/mol. The van der Waals surface area contributed by atoms with Crippen LogP contribution in [-0.2, 0) is 20.8 Å². The Morgan fingerprint density at radius 3 is 2.47 bits per heavy atom. The topological polar surface area (TPSA) is 143 Å². The average Bonchev–Trinajstić information content (AvgIpc) is 2.95. The predicted octanol–water partition coefficient (Wildman–Crippen LogP) is 5.03. The Hall–Kier alpha value is -4.89. The summed E-state index contributed by atoms with van der Waals surface area (Å²) in [7, 11) is -4.12. The third-order valence-corrected chi connectivity index (χ3v) is 8.41. The first kappa shape index (κ1) is 31.1. The maximum atomic E-state index is 14.2. The fourth-order valence-corrected chi connectivity index (χ4v) is 6.15. The zero-order valence-corrected chi connectivity index (χ0v) is 23.6. The van der Waals surface area contributed by atoms with E-state index in [0.717, 1.165) is 34.3 Å². The van der Waals surface area contributed by atoms with Crippen LogP contribution in [0.2, 0.25) is 0 Å². The molecule has 2 aromatic rings. The largest absolute Gasteiger partial charge is 0.481 e. The van der Waals surface area contributed by atoms with Crippen LogP contribution in [0.5, 0.6) is 0 Å². The summed E-state index contributed by atoms with van der Waals surface area (Å²) in [5, 5.41) is 18.9. The SMILES string of the molecule is [C-]#[N+]C1=C(C)N(c2cccc(C(F)(F)F)c2)C(=O)N(C(=O)N2CCCC(C(=O)O)C2)[C@@H]1c1ccc(C#N)cc1S(C)(=O)=O. The summed E-state index contributed by atoms with van der Waals surface area (Å²) >= 11 is 0. The van der Waals surface area contributed by atoms with Gasteiger partial charge in [-0.15, -0.1) is 0 Å². The van der Waals surface area contributed by atoms with Crippen molar-refractivity contribution in [2.75, 3.05) is 24.2 Å². The number of carbonyl (C=O) groups is 3. The third kappa shape index (κ3) is 5.89. The van der Waals surface area contributed by atoms with Crippen molar-refractivity contribution in [2.45, 2.75) is 36.9 Å². The molecule has 0 saturated carbocycles. The van der Waals surface area contributed by atoms with Crippen molar-refractivity contribution in [2.24, 2.45) is 5.92 Å². The van der Waals surface area contributed by atoms with E-state index in [0.29, 0.717) is 11.0 Å². The molecule has 2 atom stereocenters.